The molecule has 2 saturated heterocycles. The lowest BCUT2D eigenvalue weighted by molar-refractivity contribution is 0.0948. The first-order chi connectivity index (χ1) is 9.83. The Morgan fingerprint density at radius 1 is 0.750 bits per heavy atom. The molecule has 2 aromatic carbocycles. The lowest BCUT2D eigenvalue weighted by Crippen LogP contribution is -1.83. The fourth-order valence-electron chi connectivity index (χ4n) is 1.48. The van der Waals surface area contributed by atoms with E-state index in [-0.39, 0.29) is 12.6 Å². The highest BCUT2D eigenvalue weighted by atomic mass is 16.8. The maximum absolute atomic E-state index is 4.64. The van der Waals surface area contributed by atoms with Crippen LogP contribution in [0.3, 0.4) is 0 Å². The van der Waals surface area contributed by atoms with Crippen molar-refractivity contribution in [2.75, 3.05) is 27.4 Å². The first-order valence-electron chi connectivity index (χ1n) is 6.56. The van der Waals surface area contributed by atoms with Gasteiger partial charge in [-0.15, -0.1) is 0 Å². The Hall–Kier alpha value is -1.46. The molecule has 2 aliphatic heterocycles. The van der Waals surface area contributed by atoms with Crippen LogP contribution in [-0.4, -0.2) is 40.0 Å². The van der Waals surface area contributed by atoms with E-state index in [0.717, 1.165) is 13.2 Å². The molecule has 2 atom stereocenters. The monoisotopic (exact) mass is 276 g/mol. The Labute approximate surface area is 119 Å². The number of hydrogen-bond donors (Lipinski definition) is 0. The largest absolute Gasteiger partial charge is 0.354 e. The second-order valence-corrected chi connectivity index (χ2v) is 4.34. The smallest absolute Gasteiger partial charge is 0.180 e. The van der Waals surface area contributed by atoms with E-state index >= 15 is 0 Å². The predicted octanol–water partition coefficient (Wildman–Crippen LogP) is 2.82. The highest BCUT2D eigenvalue weighted by molar-refractivity contribution is 5.81. The van der Waals surface area contributed by atoms with Crippen molar-refractivity contribution in [1.29, 1.82) is 0 Å². The standard InChI is InChI=1S/C10H8.2C3H6O2/c1-2-6-10-8-4-3-7-9(10)5-1;2*1-4-3-2-5-3/h1-8H;2*3H,2H2,1H3. The molecule has 2 aromatic rings. The van der Waals surface area contributed by atoms with Gasteiger partial charge in [0.2, 0.25) is 0 Å². The lowest BCUT2D eigenvalue weighted by Gasteiger charge is -1.92. The predicted molar refractivity (Wildman–Crippen MR) is 77.4 cm³/mol. The van der Waals surface area contributed by atoms with Crippen molar-refractivity contribution in [3.63, 3.8) is 0 Å². The normalized spacial score (nSPS) is 22.1. The van der Waals surface area contributed by atoms with Gasteiger partial charge < -0.3 is 18.9 Å². The van der Waals surface area contributed by atoms with Crippen LogP contribution in [0, 0.1) is 0 Å². The molecule has 0 saturated carbocycles. The van der Waals surface area contributed by atoms with E-state index in [0.29, 0.717) is 0 Å². The zero-order valence-corrected chi connectivity index (χ0v) is 11.8. The molecular formula is C16H20O4. The first kappa shape index (κ1) is 14.9. The molecule has 4 nitrogen and oxygen atoms in total. The zero-order valence-electron chi connectivity index (χ0n) is 11.8. The van der Waals surface area contributed by atoms with Gasteiger partial charge in [-0.05, 0) is 10.8 Å². The molecule has 0 N–H and O–H groups in total. The minimum Gasteiger partial charge on any atom is -0.354 e. The molecule has 2 unspecified atom stereocenters. The third kappa shape index (κ3) is 5.67. The Balaban J connectivity index is 0.000000124. The van der Waals surface area contributed by atoms with E-state index in [1.54, 1.807) is 14.2 Å². The molecule has 4 rings (SSSR count). The van der Waals surface area contributed by atoms with Gasteiger partial charge in [-0.25, -0.2) is 0 Å². The lowest BCUT2D eigenvalue weighted by atomic mass is 10.1. The summed E-state index contributed by atoms with van der Waals surface area (Å²) < 4.78 is 18.5. The van der Waals surface area contributed by atoms with Gasteiger partial charge in [-0.1, -0.05) is 48.5 Å². The summed E-state index contributed by atoms with van der Waals surface area (Å²) in [6.07, 6.45) is 0.269. The number of ether oxygens (including phenoxy) is 4. The Morgan fingerprint density at radius 3 is 1.20 bits per heavy atom. The van der Waals surface area contributed by atoms with Crippen LogP contribution in [0.2, 0.25) is 0 Å². The fraction of sp³-hybridized carbons (Fsp3) is 0.375. The van der Waals surface area contributed by atoms with Gasteiger partial charge in [-0.3, -0.25) is 0 Å². The zero-order chi connectivity index (χ0) is 14.2. The van der Waals surface area contributed by atoms with Crippen LogP contribution in [0.4, 0.5) is 0 Å². The quantitative estimate of drug-likeness (QED) is 0.791. The van der Waals surface area contributed by atoms with Crippen LogP contribution in [-0.2, 0) is 18.9 Å². The molecule has 0 amide bonds. The first-order valence-corrected chi connectivity index (χ1v) is 6.56. The second-order valence-electron chi connectivity index (χ2n) is 4.34. The third-order valence-electron chi connectivity index (χ3n) is 2.79. The number of fused-ring (bicyclic) bond motifs is 1. The minimum atomic E-state index is 0.134. The van der Waals surface area contributed by atoms with Crippen LogP contribution in [0.1, 0.15) is 0 Å². The van der Waals surface area contributed by atoms with E-state index in [1.165, 1.54) is 10.8 Å². The molecule has 20 heavy (non-hydrogen) atoms. The van der Waals surface area contributed by atoms with E-state index in [4.69, 9.17) is 0 Å². The summed E-state index contributed by atoms with van der Waals surface area (Å²) in [7, 11) is 3.27. The number of benzene rings is 2. The van der Waals surface area contributed by atoms with Crippen molar-refractivity contribution in [3.8, 4) is 0 Å². The molecule has 4 heteroatoms. The van der Waals surface area contributed by atoms with Gasteiger partial charge in [0.05, 0.1) is 0 Å². The van der Waals surface area contributed by atoms with E-state index in [9.17, 15) is 0 Å². The summed E-state index contributed by atoms with van der Waals surface area (Å²) in [6.45, 7) is 1.58. The molecule has 0 bridgehead atoms. The summed E-state index contributed by atoms with van der Waals surface area (Å²) in [6, 6.07) is 16.7. The molecule has 0 aromatic heterocycles. The summed E-state index contributed by atoms with van der Waals surface area (Å²) in [4.78, 5) is 0. The molecular weight excluding hydrogens is 256 g/mol. The van der Waals surface area contributed by atoms with Crippen molar-refractivity contribution < 1.29 is 18.9 Å². The van der Waals surface area contributed by atoms with Crippen molar-refractivity contribution in [1.82, 2.24) is 0 Å². The van der Waals surface area contributed by atoms with Gasteiger partial charge in [0.15, 0.2) is 12.6 Å². The average Bonchev–Trinajstić information content (AvgIpc) is 3.42. The summed E-state index contributed by atoms with van der Waals surface area (Å²) >= 11 is 0. The van der Waals surface area contributed by atoms with Gasteiger partial charge in [0, 0.05) is 14.2 Å². The van der Waals surface area contributed by atoms with Gasteiger partial charge in [0.1, 0.15) is 13.2 Å². The van der Waals surface area contributed by atoms with Crippen LogP contribution in [0.5, 0.6) is 0 Å². The third-order valence-corrected chi connectivity index (χ3v) is 2.79. The van der Waals surface area contributed by atoms with E-state index < -0.39 is 0 Å². The van der Waals surface area contributed by atoms with Crippen molar-refractivity contribution in [2.45, 2.75) is 12.6 Å². The second kappa shape index (κ2) is 7.97. The van der Waals surface area contributed by atoms with E-state index in [2.05, 4.69) is 67.5 Å². The maximum Gasteiger partial charge on any atom is 0.180 e. The molecule has 2 heterocycles. The Morgan fingerprint density at radius 2 is 1.05 bits per heavy atom. The van der Waals surface area contributed by atoms with Crippen LogP contribution < -0.4 is 0 Å². The molecule has 0 aliphatic carbocycles. The molecule has 0 spiro atoms. The minimum absolute atomic E-state index is 0.134. The van der Waals surface area contributed by atoms with Crippen LogP contribution in [0.25, 0.3) is 10.8 Å². The van der Waals surface area contributed by atoms with Gasteiger partial charge in [0.25, 0.3) is 0 Å². The highest BCUT2D eigenvalue weighted by Gasteiger charge is 2.20. The van der Waals surface area contributed by atoms with Gasteiger partial charge >= 0.3 is 0 Å². The Kier molecular flexibility index (Phi) is 5.95. The number of rotatable bonds is 2. The summed E-state index contributed by atoms with van der Waals surface area (Å²) in [5, 5.41) is 2.62. The summed E-state index contributed by atoms with van der Waals surface area (Å²) in [5.41, 5.74) is 0. The number of methoxy groups -OCH3 is 2. The molecule has 108 valence electrons. The average molecular weight is 276 g/mol. The van der Waals surface area contributed by atoms with Crippen molar-refractivity contribution in [3.05, 3.63) is 48.5 Å². The number of hydrogen-bond acceptors (Lipinski definition) is 4. The van der Waals surface area contributed by atoms with Crippen LogP contribution >= 0.6 is 0 Å². The van der Waals surface area contributed by atoms with Gasteiger partial charge in [-0.2, -0.15) is 0 Å². The summed E-state index contributed by atoms with van der Waals surface area (Å²) in [5.74, 6) is 0. The maximum atomic E-state index is 4.64. The topological polar surface area (TPSA) is 43.5 Å². The number of epoxide rings is 2. The van der Waals surface area contributed by atoms with Crippen LogP contribution in [0.15, 0.2) is 48.5 Å². The fourth-order valence-corrected chi connectivity index (χ4v) is 1.48. The van der Waals surface area contributed by atoms with Crippen molar-refractivity contribution >= 4 is 10.8 Å². The van der Waals surface area contributed by atoms with E-state index in [1.807, 2.05) is 0 Å². The molecule has 2 fully saturated rings. The highest BCUT2D eigenvalue weighted by Crippen LogP contribution is 2.11. The van der Waals surface area contributed by atoms with Crippen molar-refractivity contribution in [2.24, 2.45) is 0 Å². The molecule has 0 radical (unpaired) electrons. The molecule has 2 aliphatic rings. The SMILES string of the molecule is COC1CO1.COC1CO1.c1ccc2ccccc2c1. The Bertz CT molecular complexity index is 429.